The smallest absolute Gasteiger partial charge is 0.0834 e. The Labute approximate surface area is 116 Å². The maximum Gasteiger partial charge on any atom is 0.0834 e. The molecule has 0 aromatic heterocycles. The zero-order valence-electron chi connectivity index (χ0n) is 12.4. The fourth-order valence-corrected chi connectivity index (χ4v) is 4.83. The second-order valence-electron chi connectivity index (χ2n) is 7.30. The Kier molecular flexibility index (Phi) is 3.85. The van der Waals surface area contributed by atoms with Gasteiger partial charge in [0, 0.05) is 13.2 Å². The van der Waals surface area contributed by atoms with Gasteiger partial charge in [0.15, 0.2) is 0 Å². The van der Waals surface area contributed by atoms with Crippen LogP contribution in [0.25, 0.3) is 0 Å². The lowest BCUT2D eigenvalue weighted by molar-refractivity contribution is -0.121. The molecule has 5 atom stereocenters. The van der Waals surface area contributed by atoms with Crippen molar-refractivity contribution in [1.82, 2.24) is 0 Å². The van der Waals surface area contributed by atoms with Crippen LogP contribution in [0.2, 0.25) is 0 Å². The standard InChI is InChI=1S/C16H28O3/c1-14(11-18)7-4-8-15(2)12(14)5-9-16(3,19)13(15)6-10-17/h5,9,12-13,17-19H,4,6-8,10-11H2,1-3H3/t12-,13+,14+,15-,16-/m0/s1. The minimum Gasteiger partial charge on any atom is -0.396 e. The van der Waals surface area contributed by atoms with Gasteiger partial charge in [0.25, 0.3) is 0 Å². The van der Waals surface area contributed by atoms with E-state index < -0.39 is 5.60 Å². The first-order valence-corrected chi connectivity index (χ1v) is 7.44. The van der Waals surface area contributed by atoms with Crippen LogP contribution in [0.1, 0.15) is 46.5 Å². The molecule has 0 saturated heterocycles. The SMILES string of the molecule is C[C@]1(CO)CCC[C@]2(C)[C@@H](CCO)[C@@](C)(O)C=C[C@@H]12. The first-order chi connectivity index (χ1) is 8.80. The normalized spacial score (nSPS) is 50.0. The summed E-state index contributed by atoms with van der Waals surface area (Å²) >= 11 is 0. The number of hydrogen-bond acceptors (Lipinski definition) is 3. The Balaban J connectivity index is 2.44. The third-order valence-corrected chi connectivity index (χ3v) is 5.83. The molecule has 0 aromatic carbocycles. The summed E-state index contributed by atoms with van der Waals surface area (Å²) in [6, 6.07) is 0. The number of aliphatic hydroxyl groups is 3. The molecule has 2 rings (SSSR count). The van der Waals surface area contributed by atoms with E-state index in [4.69, 9.17) is 0 Å². The van der Waals surface area contributed by atoms with Gasteiger partial charge in [-0.05, 0) is 48.9 Å². The van der Waals surface area contributed by atoms with Crippen molar-refractivity contribution in [3.63, 3.8) is 0 Å². The molecule has 1 fully saturated rings. The van der Waals surface area contributed by atoms with Gasteiger partial charge in [-0.1, -0.05) is 32.4 Å². The van der Waals surface area contributed by atoms with Crippen LogP contribution >= 0.6 is 0 Å². The van der Waals surface area contributed by atoms with E-state index in [1.807, 2.05) is 13.0 Å². The lowest BCUT2D eigenvalue weighted by Gasteiger charge is -2.59. The van der Waals surface area contributed by atoms with E-state index in [2.05, 4.69) is 19.9 Å². The van der Waals surface area contributed by atoms with Crippen LogP contribution in [0.4, 0.5) is 0 Å². The minimum atomic E-state index is -0.859. The van der Waals surface area contributed by atoms with Gasteiger partial charge in [-0.2, -0.15) is 0 Å². The predicted molar refractivity (Wildman–Crippen MR) is 75.6 cm³/mol. The summed E-state index contributed by atoms with van der Waals surface area (Å²) in [5.74, 6) is 0.321. The summed E-state index contributed by atoms with van der Waals surface area (Å²) in [6.45, 7) is 6.51. The molecule has 0 radical (unpaired) electrons. The molecule has 0 amide bonds. The van der Waals surface area contributed by atoms with E-state index in [0.717, 1.165) is 19.3 Å². The van der Waals surface area contributed by atoms with Crippen LogP contribution in [-0.4, -0.2) is 34.1 Å². The molecule has 0 spiro atoms. The number of fused-ring (bicyclic) bond motifs is 1. The monoisotopic (exact) mass is 268 g/mol. The van der Waals surface area contributed by atoms with Crippen molar-refractivity contribution >= 4 is 0 Å². The Morgan fingerprint density at radius 2 is 1.84 bits per heavy atom. The van der Waals surface area contributed by atoms with Crippen molar-refractivity contribution < 1.29 is 15.3 Å². The molecule has 0 bridgehead atoms. The fourth-order valence-electron chi connectivity index (χ4n) is 4.83. The van der Waals surface area contributed by atoms with Crippen LogP contribution in [0.5, 0.6) is 0 Å². The molecule has 0 unspecified atom stereocenters. The maximum atomic E-state index is 10.7. The third-order valence-electron chi connectivity index (χ3n) is 5.83. The highest BCUT2D eigenvalue weighted by Crippen LogP contribution is 2.60. The lowest BCUT2D eigenvalue weighted by atomic mass is 9.47. The van der Waals surface area contributed by atoms with Gasteiger partial charge in [0.05, 0.1) is 5.60 Å². The average molecular weight is 268 g/mol. The van der Waals surface area contributed by atoms with E-state index in [0.29, 0.717) is 6.42 Å². The van der Waals surface area contributed by atoms with Crippen molar-refractivity contribution in [3.05, 3.63) is 12.2 Å². The maximum absolute atomic E-state index is 10.7. The van der Waals surface area contributed by atoms with Crippen molar-refractivity contribution in [3.8, 4) is 0 Å². The van der Waals surface area contributed by atoms with E-state index >= 15 is 0 Å². The minimum absolute atomic E-state index is 0.0449. The topological polar surface area (TPSA) is 60.7 Å². The van der Waals surface area contributed by atoms with Crippen LogP contribution in [0, 0.1) is 22.7 Å². The fraction of sp³-hybridized carbons (Fsp3) is 0.875. The molecule has 2 aliphatic rings. The summed E-state index contributed by atoms with van der Waals surface area (Å²) in [6.07, 6.45) is 7.78. The van der Waals surface area contributed by atoms with E-state index in [1.165, 1.54) is 0 Å². The van der Waals surface area contributed by atoms with E-state index in [9.17, 15) is 15.3 Å². The van der Waals surface area contributed by atoms with Crippen molar-refractivity contribution in [2.75, 3.05) is 13.2 Å². The van der Waals surface area contributed by atoms with Crippen LogP contribution in [0.3, 0.4) is 0 Å². The van der Waals surface area contributed by atoms with Crippen molar-refractivity contribution in [1.29, 1.82) is 0 Å². The van der Waals surface area contributed by atoms with Crippen molar-refractivity contribution in [2.24, 2.45) is 22.7 Å². The molecule has 110 valence electrons. The molecule has 3 heteroatoms. The van der Waals surface area contributed by atoms with Gasteiger partial charge in [0.1, 0.15) is 0 Å². The zero-order valence-corrected chi connectivity index (χ0v) is 12.4. The molecule has 2 aliphatic carbocycles. The van der Waals surface area contributed by atoms with Crippen molar-refractivity contribution in [2.45, 2.75) is 52.1 Å². The summed E-state index contributed by atoms with van der Waals surface area (Å²) < 4.78 is 0. The van der Waals surface area contributed by atoms with E-state index in [1.54, 1.807) is 0 Å². The Morgan fingerprint density at radius 1 is 1.16 bits per heavy atom. The molecular formula is C16H28O3. The largest absolute Gasteiger partial charge is 0.396 e. The molecule has 3 N–H and O–H groups in total. The molecule has 0 aromatic rings. The highest BCUT2D eigenvalue weighted by molar-refractivity contribution is 5.20. The number of aliphatic hydroxyl groups excluding tert-OH is 2. The van der Waals surface area contributed by atoms with Gasteiger partial charge < -0.3 is 15.3 Å². The quantitative estimate of drug-likeness (QED) is 0.687. The Morgan fingerprint density at radius 3 is 2.42 bits per heavy atom. The second-order valence-corrected chi connectivity index (χ2v) is 7.30. The third kappa shape index (κ3) is 2.26. The molecule has 0 aliphatic heterocycles. The van der Waals surface area contributed by atoms with Crippen LogP contribution in [0.15, 0.2) is 12.2 Å². The summed E-state index contributed by atoms with van der Waals surface area (Å²) in [7, 11) is 0. The summed E-state index contributed by atoms with van der Waals surface area (Å²) in [5, 5.41) is 29.8. The number of rotatable bonds is 3. The van der Waals surface area contributed by atoms with Gasteiger partial charge in [0.2, 0.25) is 0 Å². The van der Waals surface area contributed by atoms with Gasteiger partial charge in [-0.15, -0.1) is 0 Å². The predicted octanol–water partition coefficient (Wildman–Crippen LogP) is 2.11. The first-order valence-electron chi connectivity index (χ1n) is 7.44. The molecule has 1 saturated carbocycles. The lowest BCUT2D eigenvalue weighted by Crippen LogP contribution is -2.56. The average Bonchev–Trinajstić information content (AvgIpc) is 2.33. The highest BCUT2D eigenvalue weighted by Gasteiger charge is 2.56. The number of hydrogen-bond donors (Lipinski definition) is 3. The summed E-state index contributed by atoms with van der Waals surface area (Å²) in [4.78, 5) is 0. The summed E-state index contributed by atoms with van der Waals surface area (Å²) in [5.41, 5.74) is -1.01. The van der Waals surface area contributed by atoms with E-state index in [-0.39, 0.29) is 35.9 Å². The van der Waals surface area contributed by atoms with Crippen LogP contribution in [-0.2, 0) is 0 Å². The molecule has 3 nitrogen and oxygen atoms in total. The Bertz CT molecular complexity index is 363. The Hall–Kier alpha value is -0.380. The van der Waals surface area contributed by atoms with Crippen LogP contribution < -0.4 is 0 Å². The zero-order chi connectivity index (χ0) is 14.3. The van der Waals surface area contributed by atoms with Gasteiger partial charge in [-0.25, -0.2) is 0 Å². The molecular weight excluding hydrogens is 240 g/mol. The number of allylic oxidation sites excluding steroid dienone is 1. The molecule has 19 heavy (non-hydrogen) atoms. The van der Waals surface area contributed by atoms with Gasteiger partial charge in [-0.3, -0.25) is 0 Å². The highest BCUT2D eigenvalue weighted by atomic mass is 16.3. The second kappa shape index (κ2) is 4.87. The van der Waals surface area contributed by atoms with Gasteiger partial charge >= 0.3 is 0 Å². The first kappa shape index (κ1) is 15.0. The molecule has 0 heterocycles.